The Bertz CT molecular complexity index is 1510. The van der Waals surface area contributed by atoms with Crippen molar-refractivity contribution in [2.75, 3.05) is 10.6 Å². The zero-order valence-corrected chi connectivity index (χ0v) is 21.4. The van der Waals surface area contributed by atoms with Crippen LogP contribution in [-0.4, -0.2) is 33.6 Å². The van der Waals surface area contributed by atoms with Crippen molar-refractivity contribution < 1.29 is 14.4 Å². The summed E-state index contributed by atoms with van der Waals surface area (Å²) in [5, 5.41) is 6.08. The molecule has 2 N–H and O–H groups in total. The molecule has 0 spiro atoms. The molecule has 4 aromatic rings. The molecule has 1 aliphatic rings. The van der Waals surface area contributed by atoms with E-state index in [2.05, 4.69) is 15.6 Å². The number of carbonyl (C=O) groups excluding carboxylic acids is 3. The minimum atomic E-state index is -0.748. The molecule has 1 atom stereocenters. The fourth-order valence-corrected chi connectivity index (χ4v) is 4.66. The van der Waals surface area contributed by atoms with Crippen LogP contribution in [-0.2, 0) is 17.8 Å². The first-order chi connectivity index (χ1) is 18.4. The number of nitrogens with one attached hydrogen (secondary N) is 2. The van der Waals surface area contributed by atoms with Crippen molar-refractivity contribution in [1.82, 2.24) is 9.88 Å². The molecule has 0 saturated heterocycles. The molecule has 1 aromatic heterocycles. The van der Waals surface area contributed by atoms with Crippen LogP contribution in [0.25, 0.3) is 0 Å². The van der Waals surface area contributed by atoms with E-state index in [1.807, 2.05) is 31.2 Å². The van der Waals surface area contributed by atoms with E-state index in [0.717, 1.165) is 16.7 Å². The molecular formula is C30H25ClN4O3. The Hall–Kier alpha value is -4.49. The molecule has 0 fully saturated rings. The lowest BCUT2D eigenvalue weighted by Gasteiger charge is -2.29. The molecule has 0 aliphatic carbocycles. The zero-order chi connectivity index (χ0) is 26.6. The number of pyridine rings is 1. The normalized spacial score (nSPS) is 14.9. The largest absolute Gasteiger partial charge is 0.323 e. The van der Waals surface area contributed by atoms with E-state index >= 15 is 0 Å². The summed E-state index contributed by atoms with van der Waals surface area (Å²) < 4.78 is 0. The summed E-state index contributed by atoms with van der Waals surface area (Å²) >= 11 is 6.15. The predicted molar refractivity (Wildman–Crippen MR) is 147 cm³/mol. The van der Waals surface area contributed by atoms with Crippen LogP contribution in [0.15, 0.2) is 91.1 Å². The van der Waals surface area contributed by atoms with Crippen LogP contribution in [0.4, 0.5) is 11.5 Å². The van der Waals surface area contributed by atoms with Crippen molar-refractivity contribution in [3.05, 3.63) is 124 Å². The third-order valence-corrected chi connectivity index (χ3v) is 6.63. The minimum absolute atomic E-state index is 0.187. The monoisotopic (exact) mass is 524 g/mol. The molecule has 0 unspecified atom stereocenters. The number of hydrogen-bond donors (Lipinski definition) is 2. The van der Waals surface area contributed by atoms with E-state index < -0.39 is 6.04 Å². The van der Waals surface area contributed by atoms with Gasteiger partial charge in [0.05, 0.1) is 11.3 Å². The van der Waals surface area contributed by atoms with Crippen LogP contribution in [0.5, 0.6) is 0 Å². The van der Waals surface area contributed by atoms with Crippen molar-refractivity contribution in [3.63, 3.8) is 0 Å². The first-order valence-electron chi connectivity index (χ1n) is 12.2. The average molecular weight is 525 g/mol. The molecule has 0 bridgehead atoms. The second kappa shape index (κ2) is 10.9. The number of nitrogens with zero attached hydrogens (tertiary/aromatic N) is 2. The highest BCUT2D eigenvalue weighted by Crippen LogP contribution is 2.29. The van der Waals surface area contributed by atoms with Gasteiger partial charge < -0.3 is 15.5 Å². The maximum Gasteiger partial charge on any atom is 0.256 e. The lowest BCUT2D eigenvalue weighted by Crippen LogP contribution is -2.46. The molecule has 5 rings (SSSR count). The van der Waals surface area contributed by atoms with Crippen LogP contribution in [0.3, 0.4) is 0 Å². The van der Waals surface area contributed by atoms with Gasteiger partial charge in [0.1, 0.15) is 11.9 Å². The minimum Gasteiger partial charge on any atom is -0.323 e. The molecule has 3 aromatic carbocycles. The number of anilines is 2. The molecule has 1 aliphatic heterocycles. The Labute approximate surface area is 225 Å². The Morgan fingerprint density at radius 3 is 2.53 bits per heavy atom. The number of aryl methyl sites for hydroxylation is 1. The van der Waals surface area contributed by atoms with Gasteiger partial charge in [-0.05, 0) is 60.5 Å². The summed E-state index contributed by atoms with van der Waals surface area (Å²) in [5.41, 5.74) is 4.03. The van der Waals surface area contributed by atoms with Gasteiger partial charge in [0.2, 0.25) is 5.91 Å². The van der Waals surface area contributed by atoms with Gasteiger partial charge in [0, 0.05) is 29.7 Å². The zero-order valence-electron chi connectivity index (χ0n) is 20.6. The number of rotatable bonds is 6. The van der Waals surface area contributed by atoms with Gasteiger partial charge >= 0.3 is 0 Å². The molecule has 190 valence electrons. The third kappa shape index (κ3) is 5.58. The van der Waals surface area contributed by atoms with Crippen LogP contribution in [0, 0.1) is 6.92 Å². The molecule has 38 heavy (non-hydrogen) atoms. The first kappa shape index (κ1) is 25.2. The Kier molecular flexibility index (Phi) is 7.20. The molecule has 7 nitrogen and oxygen atoms in total. The van der Waals surface area contributed by atoms with Crippen LogP contribution >= 0.6 is 11.6 Å². The Morgan fingerprint density at radius 2 is 1.79 bits per heavy atom. The Balaban J connectivity index is 1.43. The van der Waals surface area contributed by atoms with Gasteiger partial charge in [-0.2, -0.15) is 0 Å². The standard InChI is InChI=1S/C30H25ClN4O3/c1-19-5-4-6-21(15-19)16-26-29(37)33-25-17-23(31)12-13-24(25)30(38)35(26)18-20-8-10-22(11-9-20)28(36)34-27-7-2-3-14-32-27/h2-15,17,26H,16,18H2,1H3,(H,33,37)(H,32,34,36)/t26-/m1/s1. The van der Waals surface area contributed by atoms with Gasteiger partial charge in [-0.1, -0.05) is 59.6 Å². The fourth-order valence-electron chi connectivity index (χ4n) is 4.49. The van der Waals surface area contributed by atoms with Gasteiger partial charge in [-0.3, -0.25) is 14.4 Å². The highest BCUT2D eigenvalue weighted by molar-refractivity contribution is 6.31. The van der Waals surface area contributed by atoms with Crippen molar-refractivity contribution in [2.45, 2.75) is 25.9 Å². The molecule has 2 heterocycles. The van der Waals surface area contributed by atoms with E-state index in [-0.39, 0.29) is 24.3 Å². The lowest BCUT2D eigenvalue weighted by molar-refractivity contribution is -0.120. The first-order valence-corrected chi connectivity index (χ1v) is 12.5. The number of fused-ring (bicyclic) bond motifs is 1. The van der Waals surface area contributed by atoms with E-state index in [1.165, 1.54) is 0 Å². The summed E-state index contributed by atoms with van der Waals surface area (Å²) in [5.74, 6) is -0.388. The average Bonchev–Trinajstić information content (AvgIpc) is 2.99. The third-order valence-electron chi connectivity index (χ3n) is 6.40. The van der Waals surface area contributed by atoms with E-state index in [4.69, 9.17) is 11.6 Å². The molecule has 8 heteroatoms. The number of hydrogen-bond acceptors (Lipinski definition) is 4. The number of halogens is 1. The SMILES string of the molecule is Cc1cccc(C[C@@H]2C(=O)Nc3cc(Cl)ccc3C(=O)N2Cc2ccc(C(=O)Nc3ccccn3)cc2)c1. The summed E-state index contributed by atoms with van der Waals surface area (Å²) in [7, 11) is 0. The molecule has 0 saturated carbocycles. The highest BCUT2D eigenvalue weighted by Gasteiger charge is 2.35. The fraction of sp³-hybridized carbons (Fsp3) is 0.133. The maximum absolute atomic E-state index is 13.8. The van der Waals surface area contributed by atoms with Crippen molar-refractivity contribution in [1.29, 1.82) is 0 Å². The van der Waals surface area contributed by atoms with E-state index in [0.29, 0.717) is 34.1 Å². The van der Waals surface area contributed by atoms with E-state index in [9.17, 15) is 14.4 Å². The molecule has 3 amide bonds. The van der Waals surface area contributed by atoms with E-state index in [1.54, 1.807) is 71.8 Å². The molecule has 0 radical (unpaired) electrons. The number of benzene rings is 3. The van der Waals surface area contributed by atoms with Crippen LogP contribution in [0.2, 0.25) is 5.02 Å². The van der Waals surface area contributed by atoms with Crippen LogP contribution < -0.4 is 10.6 Å². The molecular weight excluding hydrogens is 500 g/mol. The maximum atomic E-state index is 13.8. The predicted octanol–water partition coefficient (Wildman–Crippen LogP) is 5.50. The van der Waals surface area contributed by atoms with Crippen molar-refractivity contribution in [3.8, 4) is 0 Å². The van der Waals surface area contributed by atoms with Crippen molar-refractivity contribution >= 4 is 40.8 Å². The summed E-state index contributed by atoms with van der Waals surface area (Å²) in [6, 6.07) is 24.2. The van der Waals surface area contributed by atoms with Gasteiger partial charge in [-0.15, -0.1) is 0 Å². The highest BCUT2D eigenvalue weighted by atomic mass is 35.5. The van der Waals surface area contributed by atoms with Gasteiger partial charge in [0.15, 0.2) is 0 Å². The summed E-state index contributed by atoms with van der Waals surface area (Å²) in [4.78, 5) is 45.5. The topological polar surface area (TPSA) is 91.4 Å². The quantitative estimate of drug-likeness (QED) is 0.348. The second-order valence-corrected chi connectivity index (χ2v) is 9.62. The Morgan fingerprint density at radius 1 is 0.974 bits per heavy atom. The van der Waals surface area contributed by atoms with Gasteiger partial charge in [0.25, 0.3) is 11.8 Å². The smallest absolute Gasteiger partial charge is 0.256 e. The number of carbonyl (C=O) groups is 3. The summed E-state index contributed by atoms with van der Waals surface area (Å²) in [6.45, 7) is 2.18. The van der Waals surface area contributed by atoms with Gasteiger partial charge in [-0.25, -0.2) is 4.98 Å². The van der Waals surface area contributed by atoms with Crippen LogP contribution in [0.1, 0.15) is 37.4 Å². The second-order valence-electron chi connectivity index (χ2n) is 9.19. The lowest BCUT2D eigenvalue weighted by atomic mass is 10.0. The number of amides is 3. The number of aromatic nitrogens is 1. The van der Waals surface area contributed by atoms with Crippen molar-refractivity contribution in [2.24, 2.45) is 0 Å². The summed E-state index contributed by atoms with van der Waals surface area (Å²) in [6.07, 6.45) is 1.96.